The van der Waals surface area contributed by atoms with Crippen molar-refractivity contribution < 1.29 is 53.1 Å². The van der Waals surface area contributed by atoms with Crippen molar-refractivity contribution in [2.24, 2.45) is 0 Å². The van der Waals surface area contributed by atoms with Crippen molar-refractivity contribution >= 4 is 15.9 Å². The molecule has 43 heavy (non-hydrogen) atoms. The maximum atomic E-state index is 14.7. The molecule has 0 spiro atoms. The lowest BCUT2D eigenvalue weighted by molar-refractivity contribution is -0.154. The molecule has 3 unspecified atom stereocenters. The lowest BCUT2D eigenvalue weighted by Crippen LogP contribution is -2.48. The number of aromatic nitrogens is 4. The van der Waals surface area contributed by atoms with Crippen LogP contribution < -0.4 is 10.1 Å². The fourth-order valence-electron chi connectivity index (χ4n) is 4.12. The summed E-state index contributed by atoms with van der Waals surface area (Å²) in [6, 6.07) is 1.06. The van der Waals surface area contributed by atoms with Crippen LogP contribution in [0.4, 0.5) is 35.1 Å². The number of carbonyl (C=O) groups is 1. The summed E-state index contributed by atoms with van der Waals surface area (Å²) < 4.78 is 136. The van der Waals surface area contributed by atoms with Crippen LogP contribution in [0.3, 0.4) is 0 Å². The molecule has 0 aliphatic carbocycles. The van der Waals surface area contributed by atoms with Gasteiger partial charge in [0.25, 0.3) is 0 Å². The summed E-state index contributed by atoms with van der Waals surface area (Å²) in [6.45, 7) is -1.14. The highest BCUT2D eigenvalue weighted by Crippen LogP contribution is 2.33. The molecule has 1 aliphatic heterocycles. The first-order valence-corrected chi connectivity index (χ1v) is 13.6. The van der Waals surface area contributed by atoms with Gasteiger partial charge in [-0.1, -0.05) is 0 Å². The summed E-state index contributed by atoms with van der Waals surface area (Å²) >= 11 is 0. The van der Waals surface area contributed by atoms with Gasteiger partial charge in [-0.05, 0) is 37.3 Å². The average Bonchev–Trinajstić information content (AvgIpc) is 3.24. The zero-order chi connectivity index (χ0) is 31.7. The molecule has 1 N–H and O–H groups in total. The van der Waals surface area contributed by atoms with Gasteiger partial charge >= 0.3 is 18.4 Å². The summed E-state index contributed by atoms with van der Waals surface area (Å²) in [6.07, 6.45) is -10.5. The molecule has 0 bridgehead atoms. The fraction of sp³-hybridized carbons (Fsp3) is 0.375. The second kappa shape index (κ2) is 11.9. The predicted molar refractivity (Wildman–Crippen MR) is 130 cm³/mol. The van der Waals surface area contributed by atoms with Gasteiger partial charge in [0.1, 0.15) is 18.0 Å². The highest BCUT2D eigenvalue weighted by molar-refractivity contribution is 7.89. The van der Waals surface area contributed by atoms with Gasteiger partial charge in [0.15, 0.2) is 6.61 Å². The van der Waals surface area contributed by atoms with Crippen LogP contribution in [0.25, 0.3) is 11.3 Å². The van der Waals surface area contributed by atoms with Gasteiger partial charge in [0.05, 0.1) is 28.9 Å². The van der Waals surface area contributed by atoms with Crippen LogP contribution in [0.15, 0.2) is 47.6 Å². The molecule has 232 valence electrons. The van der Waals surface area contributed by atoms with Gasteiger partial charge in [0.2, 0.25) is 21.8 Å². The zero-order valence-electron chi connectivity index (χ0n) is 21.7. The lowest BCUT2D eigenvalue weighted by Gasteiger charge is -2.26. The lowest BCUT2D eigenvalue weighted by atomic mass is 10.1. The summed E-state index contributed by atoms with van der Waals surface area (Å²) in [5.41, 5.74) is -0.628. The third-order valence-corrected chi connectivity index (χ3v) is 8.15. The molecule has 0 radical (unpaired) electrons. The van der Waals surface area contributed by atoms with Crippen molar-refractivity contribution in [1.29, 1.82) is 0 Å². The largest absolute Gasteiger partial charge is 0.454 e. The average molecular weight is 641 g/mol. The number of alkyl halides is 7. The first-order chi connectivity index (χ1) is 20.0. The number of sulfonamides is 1. The molecule has 2 aromatic heterocycles. The Balaban J connectivity index is 1.59. The molecule has 10 nitrogen and oxygen atoms in total. The van der Waals surface area contributed by atoms with Crippen LogP contribution in [-0.2, 0) is 27.5 Å². The quantitative estimate of drug-likeness (QED) is 0.368. The second-order valence-electron chi connectivity index (χ2n) is 9.24. The standard InChI is InChI=1S/C24H20F8N6O4S/c1-12-17(26)7-19(38(12)43(40,41)16-4-2-14(25)3-5-16)20(39)33-10-15-6-18(37-22(36-15)42-11-23(27,28)29)13-8-34-21(35-9-13)24(30,31)32/h2-6,8-9,12,17,19H,7,10-11H2,1H3,(H,33,39). The highest BCUT2D eigenvalue weighted by Gasteiger charge is 2.49. The fourth-order valence-corrected chi connectivity index (χ4v) is 5.93. The molecule has 19 heteroatoms. The summed E-state index contributed by atoms with van der Waals surface area (Å²) in [7, 11) is -4.48. The minimum atomic E-state index is -4.87. The van der Waals surface area contributed by atoms with E-state index in [9.17, 15) is 48.3 Å². The Labute approximate surface area is 238 Å². The number of halogens is 8. The van der Waals surface area contributed by atoms with E-state index in [1.165, 1.54) is 6.92 Å². The van der Waals surface area contributed by atoms with E-state index < -0.39 is 88.7 Å². The molecule has 1 aliphatic rings. The van der Waals surface area contributed by atoms with E-state index in [0.717, 1.165) is 30.3 Å². The first kappa shape index (κ1) is 31.9. The molecule has 3 aromatic rings. The maximum absolute atomic E-state index is 14.7. The second-order valence-corrected chi connectivity index (χ2v) is 11.1. The smallest absolute Gasteiger partial charge is 0.451 e. The first-order valence-electron chi connectivity index (χ1n) is 12.1. The zero-order valence-corrected chi connectivity index (χ0v) is 22.5. The molecule has 4 rings (SSSR count). The number of ether oxygens (including phenoxy) is 1. The SMILES string of the molecule is CC1C(F)CC(C(=O)NCc2cc(-c3cnc(C(F)(F)F)nc3)nc(OCC(F)(F)F)n2)N1S(=O)(=O)c1ccc(F)cc1. The molecule has 3 heterocycles. The number of hydrogen-bond donors (Lipinski definition) is 1. The van der Waals surface area contributed by atoms with Crippen LogP contribution in [0.5, 0.6) is 6.01 Å². The Morgan fingerprint density at radius 3 is 2.28 bits per heavy atom. The van der Waals surface area contributed by atoms with Gasteiger partial charge in [-0.15, -0.1) is 0 Å². The normalized spacial score (nSPS) is 19.8. The highest BCUT2D eigenvalue weighted by atomic mass is 32.2. The number of amides is 1. The van der Waals surface area contributed by atoms with E-state index in [1.807, 2.05) is 0 Å². The predicted octanol–water partition coefficient (Wildman–Crippen LogP) is 3.84. The molecule has 1 fully saturated rings. The number of rotatable bonds is 8. The monoisotopic (exact) mass is 640 g/mol. The Morgan fingerprint density at radius 2 is 1.70 bits per heavy atom. The van der Waals surface area contributed by atoms with Crippen LogP contribution in [0.2, 0.25) is 0 Å². The number of carbonyl (C=O) groups excluding carboxylic acids is 1. The van der Waals surface area contributed by atoms with Crippen molar-refractivity contribution in [2.45, 2.75) is 55.4 Å². The summed E-state index contributed by atoms with van der Waals surface area (Å²) in [5.74, 6) is -3.20. The van der Waals surface area contributed by atoms with Crippen LogP contribution in [0, 0.1) is 5.82 Å². The van der Waals surface area contributed by atoms with Crippen LogP contribution in [0.1, 0.15) is 24.9 Å². The molecule has 0 saturated carbocycles. The molecule has 3 atom stereocenters. The number of nitrogens with zero attached hydrogens (tertiary/aromatic N) is 5. The molecule has 1 saturated heterocycles. The third-order valence-electron chi connectivity index (χ3n) is 6.14. The van der Waals surface area contributed by atoms with Crippen molar-refractivity contribution in [3.05, 3.63) is 60.1 Å². The minimum absolute atomic E-state index is 0.165. The van der Waals surface area contributed by atoms with Gasteiger partial charge in [-0.2, -0.15) is 40.6 Å². The van der Waals surface area contributed by atoms with Gasteiger partial charge in [-0.3, -0.25) is 4.79 Å². The van der Waals surface area contributed by atoms with E-state index in [1.54, 1.807) is 0 Å². The van der Waals surface area contributed by atoms with Gasteiger partial charge in [-0.25, -0.2) is 27.2 Å². The van der Waals surface area contributed by atoms with E-state index in [-0.39, 0.29) is 17.0 Å². The number of hydrogen-bond acceptors (Lipinski definition) is 8. The van der Waals surface area contributed by atoms with Crippen molar-refractivity contribution in [1.82, 2.24) is 29.6 Å². The van der Waals surface area contributed by atoms with E-state index in [4.69, 9.17) is 0 Å². The van der Waals surface area contributed by atoms with E-state index in [0.29, 0.717) is 16.7 Å². The van der Waals surface area contributed by atoms with Crippen LogP contribution >= 0.6 is 0 Å². The van der Waals surface area contributed by atoms with Crippen molar-refractivity contribution in [3.8, 4) is 17.3 Å². The number of nitrogens with one attached hydrogen (secondary N) is 1. The van der Waals surface area contributed by atoms with Gasteiger partial charge < -0.3 is 10.1 Å². The summed E-state index contributed by atoms with van der Waals surface area (Å²) in [5, 5.41) is 2.33. The van der Waals surface area contributed by atoms with Crippen molar-refractivity contribution in [3.63, 3.8) is 0 Å². The Kier molecular flexibility index (Phi) is 8.87. The third kappa shape index (κ3) is 7.51. The van der Waals surface area contributed by atoms with E-state index in [2.05, 4.69) is 30.0 Å². The van der Waals surface area contributed by atoms with Crippen LogP contribution in [-0.4, -0.2) is 69.6 Å². The molecule has 1 amide bonds. The molecule has 1 aromatic carbocycles. The summed E-state index contributed by atoms with van der Waals surface area (Å²) in [4.78, 5) is 26.5. The molecular formula is C24H20F8N6O4S. The molecular weight excluding hydrogens is 620 g/mol. The maximum Gasteiger partial charge on any atom is 0.451 e. The Bertz CT molecular complexity index is 1570. The topological polar surface area (TPSA) is 127 Å². The number of benzene rings is 1. The minimum Gasteiger partial charge on any atom is -0.454 e. The Hall–Kier alpha value is -4.00. The van der Waals surface area contributed by atoms with Crippen molar-refractivity contribution in [2.75, 3.05) is 6.61 Å². The Morgan fingerprint density at radius 1 is 1.07 bits per heavy atom. The van der Waals surface area contributed by atoms with E-state index >= 15 is 0 Å². The van der Waals surface area contributed by atoms with Gasteiger partial charge in [0, 0.05) is 24.4 Å².